The summed E-state index contributed by atoms with van der Waals surface area (Å²) in [4.78, 5) is 25.2. The fourth-order valence-corrected chi connectivity index (χ4v) is 5.40. The van der Waals surface area contributed by atoms with Crippen molar-refractivity contribution in [2.24, 2.45) is 17.8 Å². The van der Waals surface area contributed by atoms with E-state index in [1.54, 1.807) is 19.2 Å². The smallest absolute Gasteiger partial charge is 0.226 e. The van der Waals surface area contributed by atoms with E-state index < -0.39 is 0 Å². The number of piperidine rings is 1. The summed E-state index contributed by atoms with van der Waals surface area (Å²) in [5.41, 5.74) is 1.69. The lowest BCUT2D eigenvalue weighted by molar-refractivity contribution is -0.133. The Morgan fingerprint density at radius 2 is 1.89 bits per heavy atom. The van der Waals surface area contributed by atoms with Gasteiger partial charge in [-0.25, -0.2) is 14.4 Å². The zero-order valence-electron chi connectivity index (χ0n) is 20.5. The van der Waals surface area contributed by atoms with E-state index in [0.29, 0.717) is 24.7 Å². The van der Waals surface area contributed by atoms with Crippen LogP contribution in [-0.4, -0.2) is 60.7 Å². The lowest BCUT2D eigenvalue weighted by atomic mass is 9.90. The van der Waals surface area contributed by atoms with Crippen LogP contribution in [0.2, 0.25) is 0 Å². The predicted molar refractivity (Wildman–Crippen MR) is 131 cm³/mol. The Morgan fingerprint density at radius 1 is 1.11 bits per heavy atom. The maximum atomic E-state index is 14.5. The zero-order chi connectivity index (χ0) is 24.2. The first kappa shape index (κ1) is 24.0. The van der Waals surface area contributed by atoms with Crippen molar-refractivity contribution in [3.05, 3.63) is 47.5 Å². The highest BCUT2D eigenvalue weighted by atomic mass is 19.1. The second-order valence-electron chi connectivity index (χ2n) is 10.1. The van der Waals surface area contributed by atoms with Crippen LogP contribution in [-0.2, 0) is 22.6 Å². The first-order valence-corrected chi connectivity index (χ1v) is 12.8. The molecule has 2 aliphatic heterocycles. The molecule has 1 aromatic carbocycles. The van der Waals surface area contributed by atoms with Crippen LogP contribution in [0, 0.1) is 23.6 Å². The normalized spacial score (nSPS) is 22.1. The van der Waals surface area contributed by atoms with E-state index in [9.17, 15) is 9.18 Å². The first-order valence-electron chi connectivity index (χ1n) is 12.8. The van der Waals surface area contributed by atoms with E-state index >= 15 is 0 Å². The number of halogens is 1. The zero-order valence-corrected chi connectivity index (χ0v) is 20.5. The van der Waals surface area contributed by atoms with Gasteiger partial charge >= 0.3 is 0 Å². The van der Waals surface area contributed by atoms with Gasteiger partial charge in [0, 0.05) is 51.2 Å². The van der Waals surface area contributed by atoms with Gasteiger partial charge in [0.25, 0.3) is 0 Å². The average Bonchev–Trinajstić information content (AvgIpc) is 3.60. The van der Waals surface area contributed by atoms with Crippen LogP contribution < -0.4 is 9.64 Å². The minimum Gasteiger partial charge on any atom is -0.491 e. The molecule has 8 heteroatoms. The maximum absolute atomic E-state index is 14.5. The van der Waals surface area contributed by atoms with Crippen LogP contribution in [0.4, 0.5) is 10.3 Å². The van der Waals surface area contributed by atoms with E-state index in [1.165, 1.54) is 12.5 Å². The lowest BCUT2D eigenvalue weighted by Gasteiger charge is -2.32. The van der Waals surface area contributed by atoms with E-state index in [2.05, 4.69) is 14.9 Å². The number of benzene rings is 1. The quantitative estimate of drug-likeness (QED) is 0.512. The van der Waals surface area contributed by atoms with Gasteiger partial charge in [-0.15, -0.1) is 0 Å². The highest BCUT2D eigenvalue weighted by Gasteiger charge is 2.43. The molecule has 1 aromatic heterocycles. The van der Waals surface area contributed by atoms with Gasteiger partial charge in [0.1, 0.15) is 0 Å². The van der Waals surface area contributed by atoms with Gasteiger partial charge < -0.3 is 19.3 Å². The number of carbonyl (C=O) groups excluding carboxylic acids is 1. The average molecular weight is 483 g/mol. The molecule has 1 amide bonds. The third kappa shape index (κ3) is 5.92. The van der Waals surface area contributed by atoms with Crippen LogP contribution in [0.1, 0.15) is 43.2 Å². The summed E-state index contributed by atoms with van der Waals surface area (Å²) in [7, 11) is 1.67. The Labute approximate surface area is 206 Å². The van der Waals surface area contributed by atoms with E-state index in [0.717, 1.165) is 75.2 Å². The third-order valence-electron chi connectivity index (χ3n) is 7.71. The Morgan fingerprint density at radius 3 is 2.54 bits per heavy atom. The molecule has 0 unspecified atom stereocenters. The summed E-state index contributed by atoms with van der Waals surface area (Å²) < 4.78 is 25.4. The topological polar surface area (TPSA) is 67.8 Å². The maximum Gasteiger partial charge on any atom is 0.226 e. The molecule has 3 aliphatic rings. The van der Waals surface area contributed by atoms with Crippen LogP contribution in [0.25, 0.3) is 0 Å². The van der Waals surface area contributed by atoms with Gasteiger partial charge in [0.2, 0.25) is 11.9 Å². The number of hydrogen-bond donors (Lipinski definition) is 0. The van der Waals surface area contributed by atoms with Crippen molar-refractivity contribution < 1.29 is 18.7 Å². The molecule has 2 saturated heterocycles. The molecule has 0 bridgehead atoms. The van der Waals surface area contributed by atoms with Gasteiger partial charge in [0.05, 0.1) is 19.6 Å². The second-order valence-corrected chi connectivity index (χ2v) is 10.1. The number of aromatic nitrogens is 2. The Hall–Kier alpha value is -2.74. The molecule has 35 heavy (non-hydrogen) atoms. The summed E-state index contributed by atoms with van der Waals surface area (Å²) >= 11 is 0. The number of likely N-dealkylation sites (tertiary alicyclic amines) is 1. The number of nitrogens with zero attached hydrogens (tertiary/aromatic N) is 4. The summed E-state index contributed by atoms with van der Waals surface area (Å²) in [6, 6.07) is 4.91. The van der Waals surface area contributed by atoms with Gasteiger partial charge in [-0.3, -0.25) is 4.79 Å². The fraction of sp³-hybridized carbons (Fsp3) is 0.593. The molecular weight excluding hydrogens is 447 g/mol. The minimum absolute atomic E-state index is 0.0717. The van der Waals surface area contributed by atoms with Crippen molar-refractivity contribution in [3.8, 4) is 5.75 Å². The molecule has 0 radical (unpaired) electrons. The highest BCUT2D eigenvalue weighted by molar-refractivity contribution is 5.79. The SMILES string of the molecule is COCc1cnc(N2CCC([C@@H]3C[C@@H]3CCOc3ccc(CC(=O)N4CCC4)cc3F)CC2)nc1. The third-order valence-corrected chi connectivity index (χ3v) is 7.71. The molecule has 2 atom stereocenters. The molecule has 3 heterocycles. The van der Waals surface area contributed by atoms with Crippen molar-refractivity contribution in [2.75, 3.05) is 44.8 Å². The molecule has 2 aromatic rings. The lowest BCUT2D eigenvalue weighted by Crippen LogP contribution is -2.42. The highest BCUT2D eigenvalue weighted by Crippen LogP contribution is 2.49. The van der Waals surface area contributed by atoms with Gasteiger partial charge in [-0.1, -0.05) is 6.07 Å². The molecule has 1 saturated carbocycles. The molecule has 0 spiro atoms. The van der Waals surface area contributed by atoms with Crippen molar-refractivity contribution in [1.29, 1.82) is 0 Å². The molecule has 5 rings (SSSR count). The van der Waals surface area contributed by atoms with Crippen LogP contribution >= 0.6 is 0 Å². The number of rotatable bonds is 10. The Balaban J connectivity index is 1.01. The first-order chi connectivity index (χ1) is 17.1. The van der Waals surface area contributed by atoms with Crippen molar-refractivity contribution in [3.63, 3.8) is 0 Å². The van der Waals surface area contributed by atoms with Crippen LogP contribution in [0.5, 0.6) is 5.75 Å². The van der Waals surface area contributed by atoms with Gasteiger partial charge in [0.15, 0.2) is 11.6 Å². The van der Waals surface area contributed by atoms with Crippen LogP contribution in [0.3, 0.4) is 0 Å². The van der Waals surface area contributed by atoms with E-state index in [4.69, 9.17) is 9.47 Å². The number of carbonyl (C=O) groups is 1. The standard InChI is InChI=1S/C27H35FN4O3/c1-34-18-20-16-29-27(30-17-20)32-10-5-21(6-11-32)23-15-22(23)7-12-35-25-4-3-19(13-24(25)28)14-26(33)31-8-2-9-31/h3-4,13,16-17,21-23H,2,5-12,14-15,18H2,1H3/t22-,23-/m0/s1. The number of methoxy groups -OCH3 is 1. The fourth-order valence-electron chi connectivity index (χ4n) is 5.40. The molecule has 0 N–H and O–H groups in total. The van der Waals surface area contributed by atoms with Gasteiger partial charge in [-0.2, -0.15) is 0 Å². The number of hydrogen-bond acceptors (Lipinski definition) is 6. The second kappa shape index (κ2) is 10.9. The van der Waals surface area contributed by atoms with Crippen molar-refractivity contribution >= 4 is 11.9 Å². The molecule has 7 nitrogen and oxygen atoms in total. The number of amides is 1. The van der Waals surface area contributed by atoms with Crippen LogP contribution in [0.15, 0.2) is 30.6 Å². The number of ether oxygens (including phenoxy) is 2. The minimum atomic E-state index is -0.379. The van der Waals surface area contributed by atoms with Gasteiger partial charge in [-0.05, 0) is 67.6 Å². The Bertz CT molecular complexity index is 1010. The van der Waals surface area contributed by atoms with Crippen molar-refractivity contribution in [1.82, 2.24) is 14.9 Å². The summed E-state index contributed by atoms with van der Waals surface area (Å²) in [6.07, 6.45) is 9.54. The van der Waals surface area contributed by atoms with Crippen molar-refractivity contribution in [2.45, 2.75) is 45.1 Å². The molecule has 1 aliphatic carbocycles. The number of anilines is 1. The summed E-state index contributed by atoms with van der Waals surface area (Å²) in [5, 5.41) is 0. The molecule has 3 fully saturated rings. The monoisotopic (exact) mass is 482 g/mol. The van der Waals surface area contributed by atoms with E-state index in [1.807, 2.05) is 17.3 Å². The largest absolute Gasteiger partial charge is 0.491 e. The molecular formula is C27H35FN4O3. The summed E-state index contributed by atoms with van der Waals surface area (Å²) in [6.45, 7) is 4.69. The predicted octanol–water partition coefficient (Wildman–Crippen LogP) is 3.86. The summed E-state index contributed by atoms with van der Waals surface area (Å²) in [5.74, 6) is 2.95. The van der Waals surface area contributed by atoms with E-state index in [-0.39, 0.29) is 23.9 Å². The Kier molecular flexibility index (Phi) is 7.46. The molecule has 188 valence electrons.